The molecule has 0 rings (SSSR count). The molecule has 0 aromatic rings. The van der Waals surface area contributed by atoms with E-state index in [1.54, 1.807) is 27.7 Å². The predicted molar refractivity (Wildman–Crippen MR) is 112 cm³/mol. The van der Waals surface area contributed by atoms with Crippen molar-refractivity contribution in [3.05, 3.63) is 0 Å². The third kappa shape index (κ3) is 11.4. The Morgan fingerprint density at radius 2 is 0.531 bits per heavy atom. The Bertz CT molecular complexity index is 534. The van der Waals surface area contributed by atoms with Crippen LogP contribution in [0.15, 0.2) is 0 Å². The van der Waals surface area contributed by atoms with Gasteiger partial charge in [-0.1, -0.05) is 0 Å². The zero-order valence-electron chi connectivity index (χ0n) is 20.6. The van der Waals surface area contributed by atoms with Gasteiger partial charge >= 0.3 is 18.5 Å². The summed E-state index contributed by atoms with van der Waals surface area (Å²) in [5.41, 5.74) is 0. The van der Waals surface area contributed by atoms with Crippen molar-refractivity contribution in [1.82, 2.24) is 0 Å². The van der Waals surface area contributed by atoms with E-state index in [-0.39, 0.29) is 12.2 Å². The van der Waals surface area contributed by atoms with Gasteiger partial charge in [0.15, 0.2) is 0 Å². The maximum absolute atomic E-state index is 12.0. The summed E-state index contributed by atoms with van der Waals surface area (Å²) in [6.07, 6.45) is -7.75. The summed E-state index contributed by atoms with van der Waals surface area (Å²) in [7, 11) is 3.00. The quantitative estimate of drug-likeness (QED) is 0.307. The van der Waals surface area contributed by atoms with Gasteiger partial charge < -0.3 is 37.9 Å². The van der Waals surface area contributed by atoms with Crippen LogP contribution in [0, 0.1) is 0 Å². The van der Waals surface area contributed by atoms with Crippen molar-refractivity contribution in [2.45, 2.75) is 104 Å². The van der Waals surface area contributed by atoms with Gasteiger partial charge in [-0.25, -0.2) is 14.4 Å². The summed E-state index contributed by atoms with van der Waals surface area (Å²) in [4.78, 5) is 35.7. The zero-order valence-corrected chi connectivity index (χ0v) is 20.6. The van der Waals surface area contributed by atoms with E-state index in [0.29, 0.717) is 0 Å². The minimum atomic E-state index is -1.01. The first-order chi connectivity index (χ1) is 14.8. The van der Waals surface area contributed by atoms with E-state index < -0.39 is 55.1 Å². The van der Waals surface area contributed by atoms with Gasteiger partial charge in [-0.3, -0.25) is 0 Å². The maximum Gasteiger partial charge on any atom is 0.509 e. The van der Waals surface area contributed by atoms with Crippen LogP contribution in [0.3, 0.4) is 0 Å². The fourth-order valence-corrected chi connectivity index (χ4v) is 1.95. The lowest BCUT2D eigenvalue weighted by Gasteiger charge is -2.25. The molecule has 0 amide bonds. The molecule has 0 N–H and O–H groups in total. The first kappa shape index (κ1) is 29.7. The van der Waals surface area contributed by atoms with Gasteiger partial charge in [0.05, 0.1) is 12.2 Å². The van der Waals surface area contributed by atoms with E-state index in [2.05, 4.69) is 0 Å². The van der Waals surface area contributed by atoms with Crippen LogP contribution in [0.5, 0.6) is 0 Å². The molecule has 0 aliphatic rings. The fraction of sp³-hybridized carbons (Fsp3) is 0.857. The lowest BCUT2D eigenvalue weighted by Crippen LogP contribution is -2.36. The monoisotopic (exact) mass is 466 g/mol. The normalized spacial score (nSPS) is 18.6. The Labute approximate surface area is 189 Å². The summed E-state index contributed by atoms with van der Waals surface area (Å²) in [6.45, 7) is 13.0. The second-order valence-electron chi connectivity index (χ2n) is 7.57. The lowest BCUT2D eigenvalue weighted by molar-refractivity contribution is -0.0860. The summed E-state index contributed by atoms with van der Waals surface area (Å²) in [5.74, 6) is 0. The van der Waals surface area contributed by atoms with Crippen LogP contribution in [0.4, 0.5) is 14.4 Å². The van der Waals surface area contributed by atoms with E-state index in [1.807, 2.05) is 0 Å². The van der Waals surface area contributed by atoms with Crippen LogP contribution in [0.1, 0.15) is 55.4 Å². The molecule has 0 fully saturated rings. The summed E-state index contributed by atoms with van der Waals surface area (Å²) in [6, 6.07) is 0. The van der Waals surface area contributed by atoms with Crippen LogP contribution in [-0.2, 0) is 37.9 Å². The van der Waals surface area contributed by atoms with Crippen molar-refractivity contribution in [1.29, 1.82) is 0 Å². The van der Waals surface area contributed by atoms with Gasteiger partial charge in [0.2, 0.25) is 0 Å². The average Bonchev–Trinajstić information content (AvgIpc) is 2.71. The second-order valence-corrected chi connectivity index (χ2v) is 7.57. The highest BCUT2D eigenvalue weighted by atomic mass is 16.8. The molecule has 0 heterocycles. The molecule has 188 valence electrons. The number of rotatable bonds is 12. The molecule has 0 saturated carbocycles. The molecule has 3 unspecified atom stereocenters. The Hall–Kier alpha value is -2.27. The van der Waals surface area contributed by atoms with Crippen molar-refractivity contribution >= 4 is 18.5 Å². The standard InChI is InChI=1S/C21H38O11/c1-11(25-9)13(3)27-19(22)29-15(5)17(7)31-21(24)32-18(8)16(6)30-20(23)28-14(4)12(2)26-10/h11-18H,1-10H3/t11-,12+,13+,14?,15?,16+,17+,18?/m0/s1. The van der Waals surface area contributed by atoms with Crippen molar-refractivity contribution in [2.24, 2.45) is 0 Å². The molecule has 0 aliphatic heterocycles. The second kappa shape index (κ2) is 14.7. The lowest BCUT2D eigenvalue weighted by atomic mass is 10.2. The third-order valence-corrected chi connectivity index (χ3v) is 5.08. The van der Waals surface area contributed by atoms with Crippen LogP contribution in [0.25, 0.3) is 0 Å². The van der Waals surface area contributed by atoms with E-state index >= 15 is 0 Å². The van der Waals surface area contributed by atoms with Gasteiger partial charge in [0.1, 0.15) is 36.6 Å². The molecule has 32 heavy (non-hydrogen) atoms. The van der Waals surface area contributed by atoms with Gasteiger partial charge in [-0.2, -0.15) is 0 Å². The number of methoxy groups -OCH3 is 2. The summed E-state index contributed by atoms with van der Waals surface area (Å²) >= 11 is 0. The van der Waals surface area contributed by atoms with Crippen LogP contribution >= 0.6 is 0 Å². The highest BCUT2D eigenvalue weighted by Gasteiger charge is 2.28. The fourth-order valence-electron chi connectivity index (χ4n) is 1.95. The average molecular weight is 467 g/mol. The van der Waals surface area contributed by atoms with Crippen molar-refractivity contribution in [3.8, 4) is 0 Å². The smallest absolute Gasteiger partial charge is 0.429 e. The number of hydrogen-bond acceptors (Lipinski definition) is 11. The van der Waals surface area contributed by atoms with E-state index in [0.717, 1.165) is 0 Å². The maximum atomic E-state index is 12.0. The molecular weight excluding hydrogens is 428 g/mol. The number of carbonyl (C=O) groups is 3. The molecule has 11 heteroatoms. The summed E-state index contributed by atoms with van der Waals surface area (Å²) in [5, 5.41) is 0. The predicted octanol–water partition coefficient (Wildman–Crippen LogP) is 3.85. The number of carbonyl (C=O) groups excluding carboxylic acids is 3. The van der Waals surface area contributed by atoms with Gasteiger partial charge in [-0.05, 0) is 55.4 Å². The molecule has 0 bridgehead atoms. The first-order valence-corrected chi connectivity index (χ1v) is 10.5. The Morgan fingerprint density at radius 3 is 0.688 bits per heavy atom. The molecule has 0 saturated heterocycles. The van der Waals surface area contributed by atoms with Crippen LogP contribution in [-0.4, -0.2) is 81.5 Å². The van der Waals surface area contributed by atoms with Gasteiger partial charge in [0.25, 0.3) is 0 Å². The number of ether oxygens (including phenoxy) is 8. The third-order valence-electron chi connectivity index (χ3n) is 5.08. The van der Waals surface area contributed by atoms with Crippen molar-refractivity contribution in [2.75, 3.05) is 14.2 Å². The largest absolute Gasteiger partial charge is 0.509 e. The first-order valence-electron chi connectivity index (χ1n) is 10.5. The van der Waals surface area contributed by atoms with Crippen molar-refractivity contribution in [3.63, 3.8) is 0 Å². The SMILES string of the molecule is CO[C@@H](C)[C@@H](C)OC(=O)OC(C)[C@@H](C)OC(=O)OC(C)[C@@H](C)OC(=O)OC(C)[C@@H](C)OC. The Kier molecular flexibility index (Phi) is 13.7. The Morgan fingerprint density at radius 1 is 0.375 bits per heavy atom. The molecule has 0 aromatic heterocycles. The zero-order chi connectivity index (χ0) is 25.0. The van der Waals surface area contributed by atoms with Gasteiger partial charge in [-0.15, -0.1) is 0 Å². The molecule has 8 atom stereocenters. The molecule has 0 aromatic carbocycles. The Balaban J connectivity index is 4.45. The molecule has 0 radical (unpaired) electrons. The van der Waals surface area contributed by atoms with E-state index in [1.165, 1.54) is 41.9 Å². The van der Waals surface area contributed by atoms with Gasteiger partial charge in [0, 0.05) is 14.2 Å². The molecule has 0 aliphatic carbocycles. The summed E-state index contributed by atoms with van der Waals surface area (Å²) < 4.78 is 40.7. The minimum absolute atomic E-state index is 0.309. The minimum Gasteiger partial charge on any atom is -0.429 e. The molecule has 0 spiro atoms. The van der Waals surface area contributed by atoms with E-state index in [9.17, 15) is 14.4 Å². The highest BCUT2D eigenvalue weighted by Crippen LogP contribution is 2.12. The molecule has 11 nitrogen and oxygen atoms in total. The highest BCUT2D eigenvalue weighted by molar-refractivity contribution is 5.62. The van der Waals surface area contributed by atoms with Crippen LogP contribution in [0.2, 0.25) is 0 Å². The molecular formula is C21H38O11. The van der Waals surface area contributed by atoms with Crippen molar-refractivity contribution < 1.29 is 52.3 Å². The number of hydrogen-bond donors (Lipinski definition) is 0. The van der Waals surface area contributed by atoms with E-state index in [4.69, 9.17) is 37.9 Å². The topological polar surface area (TPSA) is 125 Å². The van der Waals surface area contributed by atoms with Crippen LogP contribution < -0.4 is 0 Å².